The van der Waals surface area contributed by atoms with E-state index in [-0.39, 0.29) is 35.8 Å². The van der Waals surface area contributed by atoms with Gasteiger partial charge in [0.25, 0.3) is 0 Å². The van der Waals surface area contributed by atoms with Gasteiger partial charge in [0.1, 0.15) is 6.10 Å². The number of amides is 1. The smallest absolute Gasteiger partial charge is 0.311 e. The van der Waals surface area contributed by atoms with Gasteiger partial charge in [-0.25, -0.2) is 0 Å². The third kappa shape index (κ3) is 2.56. The van der Waals surface area contributed by atoms with Gasteiger partial charge in [0.2, 0.25) is 5.91 Å². The molecule has 2 atom stereocenters. The largest absolute Gasteiger partial charge is 0.483 e. The Hall–Kier alpha value is -2.15. The molecule has 0 spiro atoms. The number of nitro groups is 1. The summed E-state index contributed by atoms with van der Waals surface area (Å²) in [5, 5.41) is 13.9. The van der Waals surface area contributed by atoms with Crippen LogP contribution in [-0.4, -0.2) is 23.5 Å². The summed E-state index contributed by atoms with van der Waals surface area (Å²) in [5.74, 6) is 0.288. The van der Waals surface area contributed by atoms with Gasteiger partial charge in [-0.3, -0.25) is 14.9 Å². The fourth-order valence-electron chi connectivity index (χ4n) is 3.07. The van der Waals surface area contributed by atoms with E-state index in [0.29, 0.717) is 17.8 Å². The lowest BCUT2D eigenvalue weighted by Crippen LogP contribution is -2.27. The molecule has 0 saturated heterocycles. The number of anilines is 1. The predicted molar refractivity (Wildman–Crippen MR) is 76.2 cm³/mol. The van der Waals surface area contributed by atoms with Crippen LogP contribution < -0.4 is 15.8 Å². The number of nitro benzene ring substituents is 1. The van der Waals surface area contributed by atoms with Crippen LogP contribution in [0.4, 0.5) is 11.4 Å². The summed E-state index contributed by atoms with van der Waals surface area (Å²) in [6, 6.07) is 2.99. The van der Waals surface area contributed by atoms with Gasteiger partial charge in [-0.1, -0.05) is 0 Å². The van der Waals surface area contributed by atoms with Crippen LogP contribution in [0.3, 0.4) is 0 Å². The summed E-state index contributed by atoms with van der Waals surface area (Å²) in [6.07, 6.45) is 2.93. The lowest BCUT2D eigenvalue weighted by atomic mass is 10.1. The van der Waals surface area contributed by atoms with E-state index in [9.17, 15) is 14.9 Å². The molecule has 1 fully saturated rings. The maximum atomic E-state index is 11.4. The minimum atomic E-state index is -0.467. The molecular weight excluding hydrogens is 274 g/mol. The number of nitrogens with two attached hydrogens (primary N) is 1. The molecule has 3 N–H and O–H groups in total. The molecule has 1 aromatic rings. The molecule has 7 nitrogen and oxygen atoms in total. The summed E-state index contributed by atoms with van der Waals surface area (Å²) < 4.78 is 5.86. The molecule has 1 aliphatic heterocycles. The second-order valence-corrected chi connectivity index (χ2v) is 5.54. The van der Waals surface area contributed by atoms with Crippen molar-refractivity contribution in [2.45, 2.75) is 31.8 Å². The van der Waals surface area contributed by atoms with Crippen LogP contribution in [0.1, 0.15) is 24.8 Å². The van der Waals surface area contributed by atoms with Crippen molar-refractivity contribution >= 4 is 17.3 Å². The first-order chi connectivity index (χ1) is 10.1. The van der Waals surface area contributed by atoms with Gasteiger partial charge >= 0.3 is 5.69 Å². The van der Waals surface area contributed by atoms with Crippen LogP contribution in [0.15, 0.2) is 12.1 Å². The highest BCUT2D eigenvalue weighted by atomic mass is 16.6. The molecule has 3 rings (SSSR count). The van der Waals surface area contributed by atoms with E-state index in [1.165, 1.54) is 6.07 Å². The fourth-order valence-corrected chi connectivity index (χ4v) is 3.07. The van der Waals surface area contributed by atoms with Crippen molar-refractivity contribution in [3.8, 4) is 5.75 Å². The molecule has 1 saturated carbocycles. The average Bonchev–Trinajstić information content (AvgIpc) is 3.02. The molecule has 1 heterocycles. The highest BCUT2D eigenvalue weighted by molar-refractivity contribution is 5.99. The highest BCUT2D eigenvalue weighted by Gasteiger charge is 2.31. The van der Waals surface area contributed by atoms with E-state index in [0.717, 1.165) is 19.3 Å². The summed E-state index contributed by atoms with van der Waals surface area (Å²) in [7, 11) is 0. The van der Waals surface area contributed by atoms with Gasteiger partial charge in [-0.15, -0.1) is 0 Å². The summed E-state index contributed by atoms with van der Waals surface area (Å²) in [4.78, 5) is 22.2. The van der Waals surface area contributed by atoms with Gasteiger partial charge in [0.15, 0.2) is 5.75 Å². The molecule has 2 unspecified atom stereocenters. The van der Waals surface area contributed by atoms with Crippen LogP contribution in [0, 0.1) is 16.0 Å². The second-order valence-electron chi connectivity index (χ2n) is 5.54. The van der Waals surface area contributed by atoms with Crippen molar-refractivity contribution < 1.29 is 14.5 Å². The Labute approximate surface area is 121 Å². The Bertz CT molecular complexity index is 602. The summed E-state index contributed by atoms with van der Waals surface area (Å²) in [6.45, 7) is 0.514. The molecule has 1 aliphatic carbocycles. The van der Waals surface area contributed by atoms with Crippen LogP contribution in [0.5, 0.6) is 5.75 Å². The number of nitrogens with zero attached hydrogens (tertiary/aromatic N) is 1. The number of hydrogen-bond acceptors (Lipinski definition) is 5. The van der Waals surface area contributed by atoms with Crippen molar-refractivity contribution in [1.29, 1.82) is 0 Å². The Morgan fingerprint density at radius 3 is 2.95 bits per heavy atom. The van der Waals surface area contributed by atoms with E-state index < -0.39 is 4.92 Å². The summed E-state index contributed by atoms with van der Waals surface area (Å²) in [5.41, 5.74) is 6.86. The number of ether oxygens (including phenoxy) is 1. The van der Waals surface area contributed by atoms with Crippen LogP contribution in [0.25, 0.3) is 0 Å². The van der Waals surface area contributed by atoms with Crippen molar-refractivity contribution in [2.24, 2.45) is 11.7 Å². The van der Waals surface area contributed by atoms with Crippen LogP contribution in [0.2, 0.25) is 0 Å². The minimum Gasteiger partial charge on any atom is -0.483 e. The first kappa shape index (κ1) is 13.8. The number of fused-ring (bicyclic) bond motifs is 1. The Morgan fingerprint density at radius 2 is 2.24 bits per heavy atom. The maximum Gasteiger partial charge on any atom is 0.311 e. The summed E-state index contributed by atoms with van der Waals surface area (Å²) >= 11 is 0. The molecular formula is C14H17N3O4. The number of nitrogens with one attached hydrogen (secondary N) is 1. The molecule has 0 aromatic heterocycles. The standard InChI is InChI=1S/C14H17N3O4/c15-7-8-2-1-3-12(8)21-13-6-10-9(5-14(18)16-10)4-11(13)17(19)20/h4,6,8,12H,1-3,5,7,15H2,(H,16,18). The van der Waals surface area contributed by atoms with Crippen LogP contribution in [-0.2, 0) is 11.2 Å². The topological polar surface area (TPSA) is 107 Å². The molecule has 112 valence electrons. The van der Waals surface area contributed by atoms with E-state index in [1.807, 2.05) is 0 Å². The molecule has 0 radical (unpaired) electrons. The lowest BCUT2D eigenvalue weighted by molar-refractivity contribution is -0.386. The Kier molecular flexibility index (Phi) is 3.50. The predicted octanol–water partition coefficient (Wildman–Crippen LogP) is 1.60. The van der Waals surface area contributed by atoms with Gasteiger partial charge in [-0.05, 0) is 31.4 Å². The van der Waals surface area contributed by atoms with E-state index >= 15 is 0 Å². The quantitative estimate of drug-likeness (QED) is 0.647. The Morgan fingerprint density at radius 1 is 1.43 bits per heavy atom. The Balaban J connectivity index is 1.92. The normalized spacial score (nSPS) is 23.8. The molecule has 2 aliphatic rings. The highest BCUT2D eigenvalue weighted by Crippen LogP contribution is 2.39. The van der Waals surface area contributed by atoms with Crippen molar-refractivity contribution in [1.82, 2.24) is 0 Å². The van der Waals surface area contributed by atoms with Gasteiger partial charge < -0.3 is 15.8 Å². The molecule has 0 bridgehead atoms. The fraction of sp³-hybridized carbons (Fsp3) is 0.500. The van der Waals surface area contributed by atoms with Crippen molar-refractivity contribution in [3.05, 3.63) is 27.8 Å². The third-order valence-electron chi connectivity index (χ3n) is 4.18. The van der Waals surface area contributed by atoms with Gasteiger partial charge in [-0.2, -0.15) is 0 Å². The average molecular weight is 291 g/mol. The number of carbonyl (C=O) groups excluding carboxylic acids is 1. The van der Waals surface area contributed by atoms with Crippen molar-refractivity contribution in [2.75, 3.05) is 11.9 Å². The van der Waals surface area contributed by atoms with Crippen LogP contribution >= 0.6 is 0 Å². The van der Waals surface area contributed by atoms with E-state index in [4.69, 9.17) is 10.5 Å². The zero-order chi connectivity index (χ0) is 15.0. The second kappa shape index (κ2) is 5.33. The molecule has 1 amide bonds. The number of rotatable bonds is 4. The third-order valence-corrected chi connectivity index (χ3v) is 4.18. The minimum absolute atomic E-state index is 0.0899. The first-order valence-electron chi connectivity index (χ1n) is 7.06. The number of carbonyl (C=O) groups is 1. The lowest BCUT2D eigenvalue weighted by Gasteiger charge is -2.20. The van der Waals surface area contributed by atoms with E-state index in [2.05, 4.69) is 5.32 Å². The first-order valence-corrected chi connectivity index (χ1v) is 7.06. The van der Waals surface area contributed by atoms with Gasteiger partial charge in [0.05, 0.1) is 11.3 Å². The molecule has 7 heteroatoms. The molecule has 1 aromatic carbocycles. The molecule has 21 heavy (non-hydrogen) atoms. The SMILES string of the molecule is NCC1CCCC1Oc1cc2c(cc1[N+](=O)[O-])CC(=O)N2. The maximum absolute atomic E-state index is 11.4. The number of hydrogen-bond donors (Lipinski definition) is 2. The zero-order valence-corrected chi connectivity index (χ0v) is 11.5. The number of benzene rings is 1. The van der Waals surface area contributed by atoms with E-state index in [1.54, 1.807) is 6.07 Å². The van der Waals surface area contributed by atoms with Crippen molar-refractivity contribution in [3.63, 3.8) is 0 Å². The zero-order valence-electron chi connectivity index (χ0n) is 11.5. The van der Waals surface area contributed by atoms with Gasteiger partial charge in [0, 0.05) is 23.7 Å². The monoisotopic (exact) mass is 291 g/mol.